The van der Waals surface area contributed by atoms with Crippen molar-refractivity contribution in [1.29, 1.82) is 0 Å². The molecule has 0 unspecified atom stereocenters. The molecular weight excluding hydrogens is 230 g/mol. The molecule has 0 aliphatic heterocycles. The van der Waals surface area contributed by atoms with Crippen LogP contribution in [-0.2, 0) is 0 Å². The molecule has 0 aromatic rings. The van der Waals surface area contributed by atoms with Crippen molar-refractivity contribution >= 4 is 21.3 Å². The number of hydrogen-bond acceptors (Lipinski definition) is 0. The molecule has 0 amide bonds. The van der Waals surface area contributed by atoms with Gasteiger partial charge in [0.25, 0.3) is 0 Å². The van der Waals surface area contributed by atoms with E-state index < -0.39 is 0 Å². The van der Waals surface area contributed by atoms with Gasteiger partial charge in [0.1, 0.15) is 0 Å². The van der Waals surface area contributed by atoms with Gasteiger partial charge in [-0.2, -0.15) is 0 Å². The maximum atomic E-state index is 3.56. The van der Waals surface area contributed by atoms with E-state index in [0.717, 1.165) is 11.3 Å². The SMILES string of the molecule is [Se]=[PH](C1CCCC1)C1CCCC1. The monoisotopic (exact) mass is 250 g/mol. The molecule has 0 spiro atoms. The van der Waals surface area contributed by atoms with Gasteiger partial charge in [0.15, 0.2) is 0 Å². The summed E-state index contributed by atoms with van der Waals surface area (Å²) in [6.45, 7) is 0. The van der Waals surface area contributed by atoms with Gasteiger partial charge in [0.2, 0.25) is 0 Å². The maximum absolute atomic E-state index is 3.56. The van der Waals surface area contributed by atoms with Gasteiger partial charge in [-0.1, -0.05) is 0 Å². The molecule has 2 aliphatic carbocycles. The quantitative estimate of drug-likeness (QED) is 0.521. The fraction of sp³-hybridized carbons (Fsp3) is 1.00. The summed E-state index contributed by atoms with van der Waals surface area (Å²) in [6.07, 6.45) is 12.2. The second kappa shape index (κ2) is 4.45. The first-order chi connectivity index (χ1) is 5.88. The van der Waals surface area contributed by atoms with Crippen LogP contribution in [0.4, 0.5) is 0 Å². The normalized spacial score (nSPS) is 27.4. The Morgan fingerprint density at radius 1 is 0.750 bits per heavy atom. The molecule has 70 valence electrons. The van der Waals surface area contributed by atoms with E-state index in [1.807, 2.05) is 0 Å². The first-order valence-electron chi connectivity index (χ1n) is 5.41. The summed E-state index contributed by atoms with van der Waals surface area (Å²) in [4.78, 5) is 0. The molecule has 0 bridgehead atoms. The van der Waals surface area contributed by atoms with Crippen LogP contribution in [0, 0.1) is 0 Å². The summed E-state index contributed by atoms with van der Waals surface area (Å²) in [5.41, 5.74) is 2.30. The van der Waals surface area contributed by atoms with Crippen molar-refractivity contribution in [2.45, 2.75) is 62.7 Å². The van der Waals surface area contributed by atoms with Crippen molar-refractivity contribution in [3.05, 3.63) is 0 Å². The minimum atomic E-state index is -0.0700. The van der Waals surface area contributed by atoms with E-state index in [1.165, 1.54) is 25.7 Å². The van der Waals surface area contributed by atoms with Crippen molar-refractivity contribution in [2.75, 3.05) is 0 Å². The fourth-order valence-corrected chi connectivity index (χ4v) is 8.34. The molecule has 0 aromatic carbocycles. The number of rotatable bonds is 2. The Morgan fingerprint density at radius 2 is 1.08 bits per heavy atom. The fourth-order valence-electron chi connectivity index (χ4n) is 2.75. The summed E-state index contributed by atoms with van der Waals surface area (Å²) < 4.78 is 0. The van der Waals surface area contributed by atoms with Crippen molar-refractivity contribution in [1.82, 2.24) is 0 Å². The van der Waals surface area contributed by atoms with E-state index in [4.69, 9.17) is 0 Å². The first-order valence-corrected chi connectivity index (χ1v) is 9.55. The molecule has 2 heteroatoms. The second-order valence-corrected chi connectivity index (χ2v) is 9.77. The Hall–Kier alpha value is 0.949. The summed E-state index contributed by atoms with van der Waals surface area (Å²) in [7, 11) is 0. The molecule has 0 N–H and O–H groups in total. The standard InChI is InChI=1S/C10H19PSe/c12-11(9-5-1-2-6-9)10-7-3-4-8-10/h9-11H,1-8H2. The first kappa shape index (κ1) is 9.50. The molecular formula is C10H19PSe. The summed E-state index contributed by atoms with van der Waals surface area (Å²) in [5, 5.41) is 0. The zero-order chi connectivity index (χ0) is 8.39. The van der Waals surface area contributed by atoms with Crippen molar-refractivity contribution in [2.24, 2.45) is 0 Å². The van der Waals surface area contributed by atoms with Crippen molar-refractivity contribution in [3.63, 3.8) is 0 Å². The van der Waals surface area contributed by atoms with Gasteiger partial charge in [0, 0.05) is 0 Å². The van der Waals surface area contributed by atoms with Crippen LogP contribution >= 0.6 is 6.17 Å². The number of hydrogen-bond donors (Lipinski definition) is 0. The average Bonchev–Trinajstić information content (AvgIpc) is 2.77. The van der Waals surface area contributed by atoms with E-state index in [9.17, 15) is 0 Å². The van der Waals surface area contributed by atoms with Gasteiger partial charge in [-0.05, 0) is 0 Å². The van der Waals surface area contributed by atoms with Crippen LogP contribution in [0.2, 0.25) is 0 Å². The van der Waals surface area contributed by atoms with Gasteiger partial charge in [-0.15, -0.1) is 0 Å². The molecule has 0 radical (unpaired) electrons. The van der Waals surface area contributed by atoms with Crippen LogP contribution in [0.15, 0.2) is 0 Å². The third-order valence-corrected chi connectivity index (χ3v) is 10.5. The summed E-state index contributed by atoms with van der Waals surface area (Å²) >= 11 is 3.56. The second-order valence-electron chi connectivity index (χ2n) is 4.37. The average molecular weight is 249 g/mol. The molecule has 0 saturated heterocycles. The van der Waals surface area contributed by atoms with Crippen LogP contribution < -0.4 is 0 Å². The van der Waals surface area contributed by atoms with Crippen LogP contribution in [0.3, 0.4) is 0 Å². The topological polar surface area (TPSA) is 0 Å². The van der Waals surface area contributed by atoms with Crippen LogP contribution in [0.5, 0.6) is 0 Å². The Bertz CT molecular complexity index is 149. The van der Waals surface area contributed by atoms with Gasteiger partial charge < -0.3 is 0 Å². The Morgan fingerprint density at radius 3 is 1.42 bits per heavy atom. The molecule has 0 heterocycles. The van der Waals surface area contributed by atoms with Gasteiger partial charge in [0.05, 0.1) is 0 Å². The third-order valence-electron chi connectivity index (χ3n) is 3.52. The van der Waals surface area contributed by atoms with Gasteiger partial charge >= 0.3 is 84.0 Å². The van der Waals surface area contributed by atoms with Crippen LogP contribution in [-0.4, -0.2) is 26.4 Å². The van der Waals surface area contributed by atoms with E-state index in [2.05, 4.69) is 15.1 Å². The molecule has 12 heavy (non-hydrogen) atoms. The van der Waals surface area contributed by atoms with Gasteiger partial charge in [-0.25, -0.2) is 0 Å². The predicted octanol–water partition coefficient (Wildman–Crippen LogP) is 3.17. The van der Waals surface area contributed by atoms with Crippen LogP contribution in [0.25, 0.3) is 0 Å². The Labute approximate surface area is 84.1 Å². The van der Waals surface area contributed by atoms with E-state index in [-0.39, 0.29) is 6.17 Å². The van der Waals surface area contributed by atoms with E-state index in [1.54, 1.807) is 25.7 Å². The third kappa shape index (κ3) is 2.06. The predicted molar refractivity (Wildman–Crippen MR) is 58.6 cm³/mol. The zero-order valence-corrected chi connectivity index (χ0v) is 10.4. The molecule has 2 saturated carbocycles. The molecule has 2 aliphatic rings. The molecule has 0 nitrogen and oxygen atoms in total. The van der Waals surface area contributed by atoms with Crippen LogP contribution in [0.1, 0.15) is 51.4 Å². The molecule has 2 rings (SSSR count). The Kier molecular flexibility index (Phi) is 3.52. The molecule has 0 atom stereocenters. The minimum absolute atomic E-state index is 0.0700. The summed E-state index contributed by atoms with van der Waals surface area (Å²) in [5.74, 6) is 0. The van der Waals surface area contributed by atoms with Gasteiger partial charge in [-0.3, -0.25) is 0 Å². The Balaban J connectivity index is 1.89. The molecule has 2 fully saturated rings. The zero-order valence-electron chi connectivity index (χ0n) is 7.72. The van der Waals surface area contributed by atoms with E-state index >= 15 is 0 Å². The molecule has 0 aromatic heterocycles. The van der Waals surface area contributed by atoms with Crippen molar-refractivity contribution in [3.8, 4) is 0 Å². The van der Waals surface area contributed by atoms with E-state index in [0.29, 0.717) is 0 Å². The van der Waals surface area contributed by atoms with Crippen molar-refractivity contribution < 1.29 is 0 Å². The summed E-state index contributed by atoms with van der Waals surface area (Å²) in [6, 6.07) is 0.